The number of Topliss-reactive ketones (excluding diaryl/α,β-unsaturated/α-hetero) is 1. The second kappa shape index (κ2) is 6.99. The molecule has 0 atom stereocenters. The zero-order chi connectivity index (χ0) is 15.2. The van der Waals surface area contributed by atoms with E-state index in [0.29, 0.717) is 11.3 Å². The molecule has 0 fully saturated rings. The molecular weight excluding hydrogens is 276 g/mol. The summed E-state index contributed by atoms with van der Waals surface area (Å²) in [5.41, 5.74) is 2.24. The molecule has 108 valence electrons. The summed E-state index contributed by atoms with van der Waals surface area (Å²) < 4.78 is 2.01. The molecule has 0 N–H and O–H groups in total. The summed E-state index contributed by atoms with van der Waals surface area (Å²) in [6.45, 7) is 6.16. The van der Waals surface area contributed by atoms with Gasteiger partial charge in [-0.05, 0) is 19.1 Å². The molecule has 2 aromatic rings. The van der Waals surface area contributed by atoms with Crippen LogP contribution in [0.2, 0.25) is 13.1 Å². The first-order chi connectivity index (χ1) is 10.1. The molecule has 0 bridgehead atoms. The molecule has 3 nitrogen and oxygen atoms in total. The molecule has 2 rings (SSSR count). The first kappa shape index (κ1) is 15.2. The largest absolute Gasteiger partial charge is 0.298 e. The van der Waals surface area contributed by atoms with E-state index in [0.717, 1.165) is 5.69 Å². The van der Waals surface area contributed by atoms with Gasteiger partial charge in [0, 0.05) is 11.3 Å². The van der Waals surface area contributed by atoms with Crippen molar-refractivity contribution in [2.45, 2.75) is 20.0 Å². The lowest BCUT2D eigenvalue weighted by Gasteiger charge is -2.23. The van der Waals surface area contributed by atoms with Crippen molar-refractivity contribution in [1.29, 1.82) is 0 Å². The number of benzene rings is 2. The monoisotopic (exact) mass is 296 g/mol. The number of rotatable bonds is 5. The highest BCUT2D eigenvalue weighted by Gasteiger charge is 2.14. The summed E-state index contributed by atoms with van der Waals surface area (Å²) in [4.78, 5) is 12.4. The van der Waals surface area contributed by atoms with E-state index in [1.165, 1.54) is 0 Å². The lowest BCUT2D eigenvalue weighted by Crippen LogP contribution is -2.31. The second-order valence-corrected chi connectivity index (χ2v) is 7.83. The molecule has 0 amide bonds. The Morgan fingerprint density at radius 3 is 2.00 bits per heavy atom. The van der Waals surface area contributed by atoms with E-state index in [1.54, 1.807) is 6.92 Å². The van der Waals surface area contributed by atoms with Crippen molar-refractivity contribution in [2.75, 3.05) is 4.67 Å². The fourth-order valence-corrected chi connectivity index (χ4v) is 3.23. The van der Waals surface area contributed by atoms with Crippen LogP contribution in [0.15, 0.2) is 65.8 Å². The molecule has 0 heterocycles. The van der Waals surface area contributed by atoms with Gasteiger partial charge in [-0.3, -0.25) is 9.47 Å². The average Bonchev–Trinajstić information content (AvgIpc) is 2.53. The Bertz CT molecular complexity index is 624. The third-order valence-corrected chi connectivity index (χ3v) is 4.52. The van der Waals surface area contributed by atoms with Crippen LogP contribution in [-0.2, 0) is 0 Å². The van der Waals surface area contributed by atoms with Crippen LogP contribution in [0, 0.1) is 0 Å². The van der Waals surface area contributed by atoms with Crippen LogP contribution >= 0.6 is 0 Å². The lowest BCUT2D eigenvalue weighted by atomic mass is 10.1. The maximum Gasteiger partial charge on any atom is 0.208 e. The third-order valence-electron chi connectivity index (χ3n) is 3.13. The van der Waals surface area contributed by atoms with Gasteiger partial charge in [-0.2, -0.15) is 5.10 Å². The molecule has 0 spiro atoms. The normalized spacial score (nSPS) is 11.5. The Labute approximate surface area is 127 Å². The number of carbonyl (C=O) groups is 1. The van der Waals surface area contributed by atoms with E-state index in [-0.39, 0.29) is 5.78 Å². The number of hydrogen-bond acceptors (Lipinski definition) is 3. The highest BCUT2D eigenvalue weighted by Crippen LogP contribution is 2.16. The average molecular weight is 296 g/mol. The van der Waals surface area contributed by atoms with Crippen molar-refractivity contribution < 1.29 is 4.79 Å². The predicted octanol–water partition coefficient (Wildman–Crippen LogP) is 3.74. The third kappa shape index (κ3) is 3.89. The predicted molar refractivity (Wildman–Crippen MR) is 91.7 cm³/mol. The number of carbonyl (C=O) groups excluding carboxylic acids is 1. The fourth-order valence-electron chi connectivity index (χ4n) is 2.06. The molecule has 0 saturated carbocycles. The van der Waals surface area contributed by atoms with Gasteiger partial charge in [0.25, 0.3) is 0 Å². The molecule has 0 aliphatic carbocycles. The molecule has 0 aromatic heterocycles. The summed E-state index contributed by atoms with van der Waals surface area (Å²) in [7, 11) is -1.21. The van der Waals surface area contributed by atoms with E-state index in [1.807, 2.05) is 65.3 Å². The van der Waals surface area contributed by atoms with Crippen molar-refractivity contribution in [2.24, 2.45) is 5.10 Å². The Morgan fingerprint density at radius 2 is 1.48 bits per heavy atom. The SMILES string of the molecule is CC(=NN(c1ccccc1)[SiH](C)C)C(=O)c1ccccc1. The van der Waals surface area contributed by atoms with Gasteiger partial charge in [0.1, 0.15) is 5.71 Å². The van der Waals surface area contributed by atoms with Gasteiger partial charge < -0.3 is 0 Å². The first-order valence-corrected chi connectivity index (χ1v) is 9.91. The Balaban J connectivity index is 2.29. The summed E-state index contributed by atoms with van der Waals surface area (Å²) >= 11 is 0. The summed E-state index contributed by atoms with van der Waals surface area (Å²) in [6.07, 6.45) is 0. The Morgan fingerprint density at radius 1 is 0.952 bits per heavy atom. The Kier molecular flexibility index (Phi) is 5.06. The molecule has 0 aliphatic heterocycles. The standard InChI is InChI=1S/C17H20N2OSi/c1-14(17(20)15-10-6-4-7-11-15)18-19(21(2)3)16-12-8-5-9-13-16/h4-13,21H,1-3H3. The van der Waals surface area contributed by atoms with Crippen LogP contribution in [-0.4, -0.2) is 20.5 Å². The molecule has 4 heteroatoms. The van der Waals surface area contributed by atoms with E-state index in [4.69, 9.17) is 0 Å². The van der Waals surface area contributed by atoms with E-state index >= 15 is 0 Å². The van der Waals surface area contributed by atoms with Crippen molar-refractivity contribution in [3.05, 3.63) is 66.2 Å². The highest BCUT2D eigenvalue weighted by molar-refractivity contribution is 6.60. The van der Waals surface area contributed by atoms with Gasteiger partial charge in [-0.1, -0.05) is 61.6 Å². The van der Waals surface area contributed by atoms with Gasteiger partial charge in [-0.25, -0.2) is 0 Å². The molecule has 0 saturated heterocycles. The quantitative estimate of drug-likeness (QED) is 0.364. The van der Waals surface area contributed by atoms with Crippen LogP contribution in [0.1, 0.15) is 17.3 Å². The summed E-state index contributed by atoms with van der Waals surface area (Å²) in [5, 5.41) is 4.58. The van der Waals surface area contributed by atoms with E-state index in [2.05, 4.69) is 18.2 Å². The minimum Gasteiger partial charge on any atom is -0.298 e. The number of ketones is 1. The van der Waals surface area contributed by atoms with Gasteiger partial charge >= 0.3 is 0 Å². The van der Waals surface area contributed by atoms with Crippen LogP contribution in [0.4, 0.5) is 5.69 Å². The zero-order valence-corrected chi connectivity index (χ0v) is 13.8. The maximum absolute atomic E-state index is 12.4. The molecule has 0 aliphatic rings. The zero-order valence-electron chi connectivity index (χ0n) is 12.7. The molecule has 0 unspecified atom stereocenters. The molecular formula is C17H20N2OSi. The van der Waals surface area contributed by atoms with Crippen LogP contribution in [0.5, 0.6) is 0 Å². The second-order valence-electron chi connectivity index (χ2n) is 5.15. The first-order valence-electron chi connectivity index (χ1n) is 7.09. The van der Waals surface area contributed by atoms with Crippen molar-refractivity contribution in [3.63, 3.8) is 0 Å². The van der Waals surface area contributed by atoms with Crippen molar-refractivity contribution >= 4 is 26.1 Å². The minimum atomic E-state index is -1.21. The van der Waals surface area contributed by atoms with Crippen LogP contribution in [0.25, 0.3) is 0 Å². The summed E-state index contributed by atoms with van der Waals surface area (Å²) in [6, 6.07) is 19.3. The number of nitrogens with zero attached hydrogens (tertiary/aromatic N) is 2. The van der Waals surface area contributed by atoms with E-state index < -0.39 is 8.96 Å². The smallest absolute Gasteiger partial charge is 0.208 e. The molecule has 2 aromatic carbocycles. The van der Waals surface area contributed by atoms with E-state index in [9.17, 15) is 4.79 Å². The number of hydrogen-bond donors (Lipinski definition) is 0. The van der Waals surface area contributed by atoms with Gasteiger partial charge in [0.2, 0.25) is 5.78 Å². The molecule has 0 radical (unpaired) electrons. The van der Waals surface area contributed by atoms with Crippen molar-refractivity contribution in [1.82, 2.24) is 0 Å². The molecule has 21 heavy (non-hydrogen) atoms. The van der Waals surface area contributed by atoms with Crippen LogP contribution in [0.3, 0.4) is 0 Å². The Hall–Kier alpha value is -2.20. The maximum atomic E-state index is 12.4. The minimum absolute atomic E-state index is 0.0221. The fraction of sp³-hybridized carbons (Fsp3) is 0.176. The highest BCUT2D eigenvalue weighted by atomic mass is 28.3. The number of para-hydroxylation sites is 1. The van der Waals surface area contributed by atoms with Gasteiger partial charge in [0.15, 0.2) is 8.96 Å². The topological polar surface area (TPSA) is 32.7 Å². The number of hydrazone groups is 1. The van der Waals surface area contributed by atoms with Gasteiger partial charge in [0.05, 0.1) is 0 Å². The number of anilines is 1. The van der Waals surface area contributed by atoms with Gasteiger partial charge in [-0.15, -0.1) is 0 Å². The summed E-state index contributed by atoms with van der Waals surface area (Å²) in [5.74, 6) is -0.0221. The lowest BCUT2D eigenvalue weighted by molar-refractivity contribution is 0.106. The van der Waals surface area contributed by atoms with Crippen molar-refractivity contribution in [3.8, 4) is 0 Å². The van der Waals surface area contributed by atoms with Crippen LogP contribution < -0.4 is 4.67 Å².